The molecule has 0 fully saturated rings. The van der Waals surface area contributed by atoms with Crippen LogP contribution in [0.3, 0.4) is 0 Å². The minimum atomic E-state index is -4.97. The van der Waals surface area contributed by atoms with E-state index in [1.54, 1.807) is 0 Å². The predicted octanol–water partition coefficient (Wildman–Crippen LogP) is 25.3. The molecule has 0 spiro atoms. The Morgan fingerprint density at radius 1 is 0.282 bits per heavy atom. The number of unbranched alkanes of at least 4 members (excludes halogenated alkanes) is 49. The number of aliphatic hydroxyl groups is 1. The van der Waals surface area contributed by atoms with Crippen molar-refractivity contribution in [1.82, 2.24) is 0 Å². The lowest BCUT2D eigenvalue weighted by atomic mass is 9.99. The lowest BCUT2D eigenvalue weighted by Gasteiger charge is -2.21. The molecule has 0 bridgehead atoms. The van der Waals surface area contributed by atoms with Crippen LogP contribution in [-0.2, 0) is 65.4 Å². The molecule has 0 saturated carbocycles. The first-order valence-corrected chi connectivity index (χ1v) is 46.4. The quantitative estimate of drug-likeness (QED) is 0.0222. The summed E-state index contributed by atoms with van der Waals surface area (Å²) in [6.45, 7) is 12.0. The number of esters is 4. The number of ether oxygens (including phenoxy) is 4. The molecule has 103 heavy (non-hydrogen) atoms. The second kappa shape index (κ2) is 74.2. The van der Waals surface area contributed by atoms with E-state index in [9.17, 15) is 43.2 Å². The molecule has 3 N–H and O–H groups in total. The first-order valence-electron chi connectivity index (χ1n) is 43.4. The summed E-state index contributed by atoms with van der Waals surface area (Å²) in [5.74, 6) is 0.239. The van der Waals surface area contributed by atoms with E-state index in [-0.39, 0.29) is 25.7 Å². The Hall–Kier alpha value is -1.94. The van der Waals surface area contributed by atoms with Crippen LogP contribution in [0, 0.1) is 17.8 Å². The number of carbonyl (C=O) groups excluding carboxylic acids is 4. The van der Waals surface area contributed by atoms with Crippen molar-refractivity contribution in [2.45, 2.75) is 458 Å². The van der Waals surface area contributed by atoms with Crippen LogP contribution in [0.5, 0.6) is 0 Å². The number of phosphoric ester groups is 2. The number of hydrogen-bond donors (Lipinski definition) is 3. The van der Waals surface area contributed by atoms with Gasteiger partial charge >= 0.3 is 39.5 Å². The van der Waals surface area contributed by atoms with Gasteiger partial charge in [0, 0.05) is 25.7 Å². The Bertz CT molecular complexity index is 1990. The van der Waals surface area contributed by atoms with Crippen LogP contribution in [0.1, 0.15) is 440 Å². The van der Waals surface area contributed by atoms with E-state index < -0.39 is 97.5 Å². The molecule has 0 aromatic heterocycles. The Kier molecular flexibility index (Phi) is 72.8. The monoisotopic (exact) mass is 1510 g/mol. The van der Waals surface area contributed by atoms with Gasteiger partial charge < -0.3 is 33.8 Å². The minimum Gasteiger partial charge on any atom is -0.462 e. The largest absolute Gasteiger partial charge is 0.472 e. The molecule has 0 saturated heterocycles. The van der Waals surface area contributed by atoms with Gasteiger partial charge in [0.05, 0.1) is 26.4 Å². The molecule has 3 unspecified atom stereocenters. The molecule has 0 amide bonds. The number of rotatable bonds is 82. The zero-order chi connectivity index (χ0) is 75.8. The zero-order valence-corrected chi connectivity index (χ0v) is 69.6. The topological polar surface area (TPSA) is 237 Å². The van der Waals surface area contributed by atoms with Crippen LogP contribution >= 0.6 is 15.6 Å². The van der Waals surface area contributed by atoms with Crippen LogP contribution in [0.4, 0.5) is 0 Å². The van der Waals surface area contributed by atoms with Gasteiger partial charge in [-0.1, -0.05) is 389 Å². The molecule has 0 radical (unpaired) electrons. The predicted molar refractivity (Wildman–Crippen MR) is 423 cm³/mol. The Morgan fingerprint density at radius 2 is 0.495 bits per heavy atom. The maximum Gasteiger partial charge on any atom is 0.472 e. The van der Waals surface area contributed by atoms with Crippen molar-refractivity contribution in [2.75, 3.05) is 39.6 Å². The molecule has 17 nitrogen and oxygen atoms in total. The van der Waals surface area contributed by atoms with E-state index in [0.717, 1.165) is 108 Å². The van der Waals surface area contributed by atoms with E-state index in [0.29, 0.717) is 25.7 Å². The molecule has 0 aromatic carbocycles. The van der Waals surface area contributed by atoms with Gasteiger partial charge in [-0.25, -0.2) is 9.13 Å². The van der Waals surface area contributed by atoms with Crippen LogP contribution in [0.25, 0.3) is 0 Å². The molecule has 612 valence electrons. The highest BCUT2D eigenvalue weighted by Crippen LogP contribution is 2.45. The van der Waals surface area contributed by atoms with Crippen molar-refractivity contribution in [3.63, 3.8) is 0 Å². The van der Waals surface area contributed by atoms with Crippen molar-refractivity contribution in [1.29, 1.82) is 0 Å². The lowest BCUT2D eigenvalue weighted by Crippen LogP contribution is -2.30. The van der Waals surface area contributed by atoms with Crippen LogP contribution < -0.4 is 0 Å². The van der Waals surface area contributed by atoms with Gasteiger partial charge in [0.25, 0.3) is 0 Å². The summed E-state index contributed by atoms with van der Waals surface area (Å²) < 4.78 is 68.9. The number of phosphoric acid groups is 2. The molecular formula is C84H164O17P2. The van der Waals surface area contributed by atoms with E-state index in [1.165, 1.54) is 250 Å². The molecular weight excluding hydrogens is 1340 g/mol. The fourth-order valence-corrected chi connectivity index (χ4v) is 14.6. The maximum absolute atomic E-state index is 13.1. The van der Waals surface area contributed by atoms with Crippen molar-refractivity contribution in [3.05, 3.63) is 0 Å². The van der Waals surface area contributed by atoms with Crippen LogP contribution in [0.15, 0.2) is 0 Å². The number of carbonyl (C=O) groups is 4. The van der Waals surface area contributed by atoms with Gasteiger partial charge in [0.1, 0.15) is 19.3 Å². The van der Waals surface area contributed by atoms with Gasteiger partial charge in [-0.05, 0) is 43.4 Å². The molecule has 0 aliphatic heterocycles. The van der Waals surface area contributed by atoms with Crippen molar-refractivity contribution in [2.24, 2.45) is 17.8 Å². The van der Waals surface area contributed by atoms with Crippen molar-refractivity contribution < 1.29 is 80.2 Å². The summed E-state index contributed by atoms with van der Waals surface area (Å²) in [7, 11) is -9.93. The van der Waals surface area contributed by atoms with Gasteiger partial charge in [0.2, 0.25) is 0 Å². The summed E-state index contributed by atoms with van der Waals surface area (Å²) in [6.07, 6.45) is 63.8. The van der Waals surface area contributed by atoms with Gasteiger partial charge in [0.15, 0.2) is 12.2 Å². The average molecular weight is 1510 g/mol. The van der Waals surface area contributed by atoms with E-state index in [1.807, 2.05) is 0 Å². The van der Waals surface area contributed by atoms with E-state index >= 15 is 0 Å². The van der Waals surface area contributed by atoms with Crippen molar-refractivity contribution >= 4 is 39.5 Å². The van der Waals surface area contributed by atoms with Crippen molar-refractivity contribution in [3.8, 4) is 0 Å². The third-order valence-corrected chi connectivity index (χ3v) is 21.9. The van der Waals surface area contributed by atoms with Gasteiger partial charge in [-0.15, -0.1) is 0 Å². The molecule has 0 aliphatic rings. The highest BCUT2D eigenvalue weighted by atomic mass is 31.2. The first-order chi connectivity index (χ1) is 49.8. The van der Waals surface area contributed by atoms with E-state index in [2.05, 4.69) is 48.5 Å². The number of hydrogen-bond acceptors (Lipinski definition) is 15. The van der Waals surface area contributed by atoms with Gasteiger partial charge in [-0.2, -0.15) is 0 Å². The number of aliphatic hydroxyl groups excluding tert-OH is 1. The summed E-state index contributed by atoms with van der Waals surface area (Å²) in [5, 5.41) is 10.7. The normalized spacial score (nSPS) is 14.2. The Morgan fingerprint density at radius 3 is 0.738 bits per heavy atom. The van der Waals surface area contributed by atoms with Gasteiger partial charge in [-0.3, -0.25) is 37.3 Å². The molecule has 0 aromatic rings. The molecule has 19 heteroatoms. The zero-order valence-electron chi connectivity index (χ0n) is 67.8. The Balaban J connectivity index is 5.26. The maximum atomic E-state index is 13.1. The summed E-state index contributed by atoms with van der Waals surface area (Å²) >= 11 is 0. The van der Waals surface area contributed by atoms with Crippen LogP contribution in [-0.4, -0.2) is 96.7 Å². The standard InChI is InChI=1S/C84H164O17P2/c1-8-10-11-12-13-14-15-16-17-18-19-20-21-22-27-30-38-46-53-60-67-83(88)100-79(71-94-81(86)65-58-51-44-37-29-26-24-23-25-28-34-41-48-55-62-75(3)4)73-98-102(90,91)96-69-78(85)70-97-103(92,93)99-74-80(72-95-82(87)66-59-52-45-40-33-35-42-49-56-63-76(5)6)101-84(89)68-61-54-47-39-32-31-36-43-50-57-64-77(7)9-2/h75-80,85H,8-74H2,1-7H3,(H,90,91)(H,92,93)/t77?,78-,79-,80-/m1/s1. The molecule has 0 rings (SSSR count). The summed E-state index contributed by atoms with van der Waals surface area (Å²) in [6, 6.07) is 0. The smallest absolute Gasteiger partial charge is 0.462 e. The average Bonchev–Trinajstić information content (AvgIpc) is 0.917. The second-order valence-electron chi connectivity index (χ2n) is 31.4. The SMILES string of the molecule is CCCCCCCCCCCCCCCCCCCCCCC(=O)O[C@H](COC(=O)CCCCCCCCCCCCCCCCC(C)C)COP(=O)(O)OC[C@@H](O)COP(=O)(O)OC[C@@H](COC(=O)CCCCCCCCCCCC(C)C)OC(=O)CCCCCCCCCCCCC(C)CC. The Labute approximate surface area is 632 Å². The fourth-order valence-electron chi connectivity index (χ4n) is 13.0. The summed E-state index contributed by atoms with van der Waals surface area (Å²) in [5.41, 5.74) is 0. The van der Waals surface area contributed by atoms with E-state index in [4.69, 9.17) is 37.0 Å². The minimum absolute atomic E-state index is 0.106. The molecule has 6 atom stereocenters. The highest BCUT2D eigenvalue weighted by Gasteiger charge is 2.30. The summed E-state index contributed by atoms with van der Waals surface area (Å²) in [4.78, 5) is 73.2. The lowest BCUT2D eigenvalue weighted by molar-refractivity contribution is -0.161. The highest BCUT2D eigenvalue weighted by molar-refractivity contribution is 7.47. The molecule has 0 aliphatic carbocycles. The first kappa shape index (κ1) is 101. The fraction of sp³-hybridized carbons (Fsp3) is 0.952. The second-order valence-corrected chi connectivity index (χ2v) is 34.3. The van der Waals surface area contributed by atoms with Crippen LogP contribution in [0.2, 0.25) is 0 Å². The molecule has 0 heterocycles. The third kappa shape index (κ3) is 76.6. The third-order valence-electron chi connectivity index (χ3n) is 20.0.